The first-order valence-corrected chi connectivity index (χ1v) is 7.35. The van der Waals surface area contributed by atoms with Gasteiger partial charge in [0.1, 0.15) is 6.04 Å². The van der Waals surface area contributed by atoms with Crippen molar-refractivity contribution in [3.05, 3.63) is 34.4 Å². The van der Waals surface area contributed by atoms with Crippen molar-refractivity contribution in [3.8, 4) is 0 Å². The minimum atomic E-state index is -4.39. The topological polar surface area (TPSA) is 138 Å². The van der Waals surface area contributed by atoms with Gasteiger partial charge in [0, 0.05) is 19.0 Å². The predicted molar refractivity (Wildman–Crippen MR) is 69.0 cm³/mol. The second-order valence-electron chi connectivity index (χ2n) is 4.54. The van der Waals surface area contributed by atoms with Crippen LogP contribution < -0.4 is 0 Å². The average Bonchev–Trinajstić information content (AvgIpc) is 2.82. The van der Waals surface area contributed by atoms with Gasteiger partial charge in [-0.15, -0.1) is 0 Å². The quantitative estimate of drug-likeness (QED) is 0.579. The van der Waals surface area contributed by atoms with Crippen LogP contribution in [0.4, 0.5) is 5.69 Å². The Morgan fingerprint density at radius 1 is 1.38 bits per heavy atom. The highest BCUT2D eigenvalue weighted by Gasteiger charge is 2.45. The van der Waals surface area contributed by atoms with Gasteiger partial charge in [-0.25, -0.2) is 8.42 Å². The highest BCUT2D eigenvalue weighted by Crippen LogP contribution is 2.31. The van der Waals surface area contributed by atoms with Crippen molar-refractivity contribution in [3.63, 3.8) is 0 Å². The molecule has 1 fully saturated rings. The summed E-state index contributed by atoms with van der Waals surface area (Å²) >= 11 is 0. The molecular formula is C11H12N2O7S. The number of aliphatic carboxylic acids is 1. The number of nitro groups is 1. The van der Waals surface area contributed by atoms with Crippen LogP contribution in [-0.2, 0) is 14.8 Å². The summed E-state index contributed by atoms with van der Waals surface area (Å²) in [5.41, 5.74) is -0.636. The summed E-state index contributed by atoms with van der Waals surface area (Å²) in [4.78, 5) is 20.6. The molecule has 0 bridgehead atoms. The Hall–Kier alpha value is -2.04. The first-order valence-electron chi connectivity index (χ1n) is 5.91. The lowest BCUT2D eigenvalue weighted by Crippen LogP contribution is -2.40. The Bertz CT molecular complexity index is 688. The molecule has 2 N–H and O–H groups in total. The van der Waals surface area contributed by atoms with Crippen LogP contribution in [0.2, 0.25) is 0 Å². The molecule has 1 aliphatic heterocycles. The fraction of sp³-hybridized carbons (Fsp3) is 0.364. The minimum absolute atomic E-state index is 0.255. The number of nitrogens with zero attached hydrogens (tertiary/aromatic N) is 2. The fourth-order valence-corrected chi connectivity index (χ4v) is 4.02. The van der Waals surface area contributed by atoms with E-state index in [1.54, 1.807) is 0 Å². The zero-order valence-corrected chi connectivity index (χ0v) is 11.4. The zero-order valence-electron chi connectivity index (χ0n) is 10.6. The Morgan fingerprint density at radius 3 is 2.57 bits per heavy atom. The number of benzene rings is 1. The highest BCUT2D eigenvalue weighted by atomic mass is 32.2. The van der Waals surface area contributed by atoms with E-state index in [1.807, 2.05) is 0 Å². The van der Waals surface area contributed by atoms with Crippen LogP contribution in [0.3, 0.4) is 0 Å². The van der Waals surface area contributed by atoms with Gasteiger partial charge in [0.15, 0.2) is 4.90 Å². The molecule has 0 saturated carbocycles. The van der Waals surface area contributed by atoms with Crippen molar-refractivity contribution >= 4 is 21.7 Å². The molecule has 0 aromatic heterocycles. The van der Waals surface area contributed by atoms with Crippen LogP contribution in [0.25, 0.3) is 0 Å². The smallest absolute Gasteiger partial charge is 0.322 e. The zero-order chi connectivity index (χ0) is 15.8. The number of aliphatic hydroxyl groups excluding tert-OH is 1. The maximum atomic E-state index is 12.5. The monoisotopic (exact) mass is 316 g/mol. The second kappa shape index (κ2) is 5.39. The van der Waals surface area contributed by atoms with E-state index in [4.69, 9.17) is 5.11 Å². The lowest BCUT2D eigenvalue weighted by atomic mass is 10.2. The Balaban J connectivity index is 2.52. The second-order valence-corrected chi connectivity index (χ2v) is 6.40. The van der Waals surface area contributed by atoms with Crippen molar-refractivity contribution in [2.75, 3.05) is 6.54 Å². The van der Waals surface area contributed by atoms with Gasteiger partial charge in [0.05, 0.1) is 11.0 Å². The van der Waals surface area contributed by atoms with Gasteiger partial charge in [0.2, 0.25) is 0 Å². The van der Waals surface area contributed by atoms with Crippen LogP contribution in [0.15, 0.2) is 29.2 Å². The molecule has 1 aliphatic rings. The Morgan fingerprint density at radius 2 is 2.00 bits per heavy atom. The van der Waals surface area contributed by atoms with Gasteiger partial charge in [0.25, 0.3) is 15.7 Å². The number of rotatable bonds is 4. The van der Waals surface area contributed by atoms with Crippen LogP contribution in [0.5, 0.6) is 0 Å². The molecule has 0 unspecified atom stereocenters. The lowest BCUT2D eigenvalue weighted by Gasteiger charge is -2.20. The number of nitro benzene ring substituents is 1. The number of hydrogen-bond acceptors (Lipinski definition) is 6. The number of aliphatic hydroxyl groups is 1. The number of β-amino-alcohol motifs (C(OH)–C–C–N with tert-alkyl or cyclic N) is 1. The van der Waals surface area contributed by atoms with Gasteiger partial charge in [-0.3, -0.25) is 14.9 Å². The number of carbonyl (C=O) groups is 1. The van der Waals surface area contributed by atoms with Gasteiger partial charge in [-0.1, -0.05) is 12.1 Å². The summed E-state index contributed by atoms with van der Waals surface area (Å²) in [5.74, 6) is -1.41. The van der Waals surface area contributed by atoms with Crippen LogP contribution in [-0.4, -0.2) is 52.5 Å². The number of para-hydroxylation sites is 1. The lowest BCUT2D eigenvalue weighted by molar-refractivity contribution is -0.387. The molecule has 2 rings (SSSR count). The predicted octanol–water partition coefficient (Wildman–Crippen LogP) is -0.197. The molecule has 114 valence electrons. The molecule has 1 heterocycles. The van der Waals surface area contributed by atoms with E-state index in [0.717, 1.165) is 12.1 Å². The normalized spacial score (nSPS) is 23.1. The summed E-state index contributed by atoms with van der Waals surface area (Å²) < 4.78 is 25.5. The number of sulfonamides is 1. The molecular weight excluding hydrogens is 304 g/mol. The first-order chi connectivity index (χ1) is 9.75. The van der Waals surface area contributed by atoms with E-state index in [2.05, 4.69) is 0 Å². The van der Waals surface area contributed by atoms with Crippen molar-refractivity contribution in [1.29, 1.82) is 0 Å². The first kappa shape index (κ1) is 15.4. The van der Waals surface area contributed by atoms with Crippen molar-refractivity contribution in [2.24, 2.45) is 0 Å². The number of carboxylic acids is 1. The summed E-state index contributed by atoms with van der Waals surface area (Å²) in [6.07, 6.45) is -1.38. The Labute approximate surface area is 119 Å². The molecule has 2 atom stereocenters. The molecule has 0 radical (unpaired) electrons. The minimum Gasteiger partial charge on any atom is -0.480 e. The fourth-order valence-electron chi connectivity index (χ4n) is 2.23. The van der Waals surface area contributed by atoms with Crippen LogP contribution in [0.1, 0.15) is 6.42 Å². The standard InChI is InChI=1S/C11H12N2O7S/c14-7-5-9(11(15)16)12(6-7)21(19,20)10-4-2-1-3-8(10)13(17)18/h1-4,7,9,14H,5-6H2,(H,15,16)/t7-,9+/m0/s1. The third-order valence-electron chi connectivity index (χ3n) is 3.17. The third-order valence-corrected chi connectivity index (χ3v) is 5.09. The van der Waals surface area contributed by atoms with Crippen molar-refractivity contribution < 1.29 is 28.3 Å². The average molecular weight is 316 g/mol. The Kier molecular flexibility index (Phi) is 3.94. The number of carboxylic acid groups (broad SMARTS) is 1. The molecule has 1 aromatic rings. The summed E-state index contributed by atoms with van der Waals surface area (Å²) in [6, 6.07) is 3.24. The van der Waals surface area contributed by atoms with E-state index < -0.39 is 50.2 Å². The molecule has 0 amide bonds. The van der Waals surface area contributed by atoms with Crippen LogP contribution in [0, 0.1) is 10.1 Å². The summed E-state index contributed by atoms with van der Waals surface area (Å²) in [5, 5.41) is 29.5. The van der Waals surface area contributed by atoms with Crippen molar-refractivity contribution in [1.82, 2.24) is 4.31 Å². The molecule has 0 spiro atoms. The van der Waals surface area contributed by atoms with Gasteiger partial charge in [-0.2, -0.15) is 4.31 Å². The molecule has 21 heavy (non-hydrogen) atoms. The van der Waals surface area contributed by atoms with Gasteiger partial charge >= 0.3 is 5.97 Å². The summed E-state index contributed by atoms with van der Waals surface area (Å²) in [6.45, 7) is -0.411. The highest BCUT2D eigenvalue weighted by molar-refractivity contribution is 7.89. The van der Waals surface area contributed by atoms with E-state index >= 15 is 0 Å². The summed E-state index contributed by atoms with van der Waals surface area (Å²) in [7, 11) is -4.39. The van der Waals surface area contributed by atoms with Crippen molar-refractivity contribution in [2.45, 2.75) is 23.5 Å². The largest absolute Gasteiger partial charge is 0.480 e. The SMILES string of the molecule is O=C(O)[C@H]1C[C@H](O)CN1S(=O)(=O)c1ccccc1[N+](=O)[O-]. The molecule has 0 aliphatic carbocycles. The maximum Gasteiger partial charge on any atom is 0.322 e. The van der Waals surface area contributed by atoms with Crippen LogP contribution >= 0.6 is 0 Å². The van der Waals surface area contributed by atoms with E-state index in [1.165, 1.54) is 12.1 Å². The molecule has 10 heteroatoms. The number of hydrogen-bond donors (Lipinski definition) is 2. The van der Waals surface area contributed by atoms with Gasteiger partial charge in [-0.05, 0) is 6.07 Å². The van der Waals surface area contributed by atoms with E-state index in [9.17, 15) is 28.4 Å². The maximum absolute atomic E-state index is 12.5. The van der Waals surface area contributed by atoms with E-state index in [-0.39, 0.29) is 6.42 Å². The van der Waals surface area contributed by atoms with Gasteiger partial charge < -0.3 is 10.2 Å². The molecule has 1 saturated heterocycles. The van der Waals surface area contributed by atoms with E-state index in [0.29, 0.717) is 4.31 Å². The third kappa shape index (κ3) is 2.73. The molecule has 1 aromatic carbocycles. The molecule has 9 nitrogen and oxygen atoms in total.